The summed E-state index contributed by atoms with van der Waals surface area (Å²) in [7, 11) is 1.22. The normalized spacial score (nSPS) is 12.3. The van der Waals surface area contributed by atoms with Crippen LogP contribution in [0, 0.1) is 18.3 Å². The van der Waals surface area contributed by atoms with Gasteiger partial charge in [0.2, 0.25) is 0 Å². The van der Waals surface area contributed by atoms with Crippen LogP contribution in [-0.2, 0) is 9.53 Å². The van der Waals surface area contributed by atoms with E-state index in [0.29, 0.717) is 11.4 Å². The fraction of sp³-hybridized carbons (Fsp3) is 0.214. The molecule has 1 heterocycles. The molecular weight excluding hydrogens is 298 g/mol. The number of hydrazone groups is 1. The Morgan fingerprint density at radius 3 is 2.65 bits per heavy atom. The van der Waals surface area contributed by atoms with E-state index in [4.69, 9.17) is 10.6 Å². The van der Waals surface area contributed by atoms with Crippen LogP contribution in [0.4, 0.5) is 5.95 Å². The molecule has 23 heavy (non-hydrogen) atoms. The SMILES string of the molecule is COC(=O)/C(=N/Nc1nnc(C)n1N)[C@H](C#N)c1ccccc1. The van der Waals surface area contributed by atoms with E-state index >= 15 is 0 Å². The number of nitrogens with zero attached hydrogens (tertiary/aromatic N) is 5. The van der Waals surface area contributed by atoms with Gasteiger partial charge >= 0.3 is 5.97 Å². The van der Waals surface area contributed by atoms with E-state index in [2.05, 4.69) is 20.7 Å². The number of methoxy groups -OCH3 is 1. The first-order valence-electron chi connectivity index (χ1n) is 6.62. The third-order valence-corrected chi connectivity index (χ3v) is 3.07. The number of rotatable bonds is 5. The number of anilines is 1. The lowest BCUT2D eigenvalue weighted by molar-refractivity contribution is -0.132. The molecule has 9 nitrogen and oxygen atoms in total. The fourth-order valence-corrected chi connectivity index (χ4v) is 1.83. The van der Waals surface area contributed by atoms with Crippen molar-refractivity contribution >= 4 is 17.6 Å². The molecule has 0 aliphatic carbocycles. The summed E-state index contributed by atoms with van der Waals surface area (Å²) in [5, 5.41) is 20.9. The number of nitrogens with one attached hydrogen (secondary N) is 1. The van der Waals surface area contributed by atoms with Gasteiger partial charge in [-0.05, 0) is 12.5 Å². The molecule has 0 bridgehead atoms. The highest BCUT2D eigenvalue weighted by atomic mass is 16.5. The van der Waals surface area contributed by atoms with Crippen molar-refractivity contribution in [1.29, 1.82) is 5.26 Å². The van der Waals surface area contributed by atoms with Gasteiger partial charge in [0.05, 0.1) is 13.2 Å². The van der Waals surface area contributed by atoms with Gasteiger partial charge in [-0.1, -0.05) is 30.3 Å². The van der Waals surface area contributed by atoms with Gasteiger partial charge in [0.1, 0.15) is 5.92 Å². The molecule has 0 aliphatic heterocycles. The fourth-order valence-electron chi connectivity index (χ4n) is 1.83. The number of nitriles is 1. The number of benzene rings is 1. The number of carbonyl (C=O) groups excluding carboxylic acids is 1. The average molecular weight is 313 g/mol. The van der Waals surface area contributed by atoms with Crippen LogP contribution in [0.15, 0.2) is 35.4 Å². The minimum atomic E-state index is -0.897. The molecular formula is C14H15N7O2. The number of hydrogen-bond acceptors (Lipinski definition) is 8. The summed E-state index contributed by atoms with van der Waals surface area (Å²) in [5.74, 6) is 4.66. The van der Waals surface area contributed by atoms with Gasteiger partial charge in [-0.15, -0.1) is 10.2 Å². The Morgan fingerprint density at radius 2 is 2.13 bits per heavy atom. The van der Waals surface area contributed by atoms with Crippen molar-refractivity contribution < 1.29 is 9.53 Å². The van der Waals surface area contributed by atoms with E-state index in [1.807, 2.05) is 12.1 Å². The Balaban J connectivity index is 2.36. The van der Waals surface area contributed by atoms with E-state index in [1.54, 1.807) is 31.2 Å². The first-order valence-corrected chi connectivity index (χ1v) is 6.62. The second-order valence-electron chi connectivity index (χ2n) is 4.51. The molecule has 1 atom stereocenters. The molecule has 3 N–H and O–H groups in total. The summed E-state index contributed by atoms with van der Waals surface area (Å²) < 4.78 is 5.87. The quantitative estimate of drug-likeness (QED) is 0.356. The highest BCUT2D eigenvalue weighted by Crippen LogP contribution is 2.18. The van der Waals surface area contributed by atoms with Gasteiger partial charge in [-0.25, -0.2) is 14.9 Å². The van der Waals surface area contributed by atoms with Gasteiger partial charge < -0.3 is 10.6 Å². The standard InChI is InChI=1S/C14H15N7O2/c1-9-17-19-14(21(9)16)20-18-12(13(22)23-2)11(8-15)10-6-4-3-5-7-10/h3-7,11H,16H2,1-2H3,(H,19,20)/b18-12+/t11-/m1/s1. The number of nitrogen functional groups attached to an aromatic ring is 1. The first-order chi connectivity index (χ1) is 11.1. The summed E-state index contributed by atoms with van der Waals surface area (Å²) in [6.07, 6.45) is 0. The summed E-state index contributed by atoms with van der Waals surface area (Å²) in [6.45, 7) is 1.66. The van der Waals surface area contributed by atoms with E-state index in [0.717, 1.165) is 0 Å². The molecule has 0 saturated carbocycles. The zero-order valence-corrected chi connectivity index (χ0v) is 12.6. The van der Waals surface area contributed by atoms with E-state index in [1.165, 1.54) is 11.8 Å². The van der Waals surface area contributed by atoms with Crippen molar-refractivity contribution in [2.24, 2.45) is 5.10 Å². The van der Waals surface area contributed by atoms with Crippen LogP contribution in [0.3, 0.4) is 0 Å². The van der Waals surface area contributed by atoms with E-state index in [-0.39, 0.29) is 11.7 Å². The maximum atomic E-state index is 12.0. The van der Waals surface area contributed by atoms with Gasteiger partial charge in [-0.3, -0.25) is 0 Å². The van der Waals surface area contributed by atoms with Crippen molar-refractivity contribution in [1.82, 2.24) is 14.9 Å². The number of carbonyl (C=O) groups is 1. The number of ether oxygens (including phenoxy) is 1. The lowest BCUT2D eigenvalue weighted by Gasteiger charge is -2.11. The second kappa shape index (κ2) is 7.04. The molecule has 0 aliphatic rings. The second-order valence-corrected chi connectivity index (χ2v) is 4.51. The summed E-state index contributed by atoms with van der Waals surface area (Å²) in [6, 6.07) is 10.8. The van der Waals surface area contributed by atoms with Crippen molar-refractivity contribution in [3.05, 3.63) is 41.7 Å². The molecule has 1 aromatic heterocycles. The van der Waals surface area contributed by atoms with Crippen molar-refractivity contribution in [2.45, 2.75) is 12.8 Å². The van der Waals surface area contributed by atoms with Crippen molar-refractivity contribution in [3.8, 4) is 6.07 Å². The smallest absolute Gasteiger partial charge is 0.355 e. The molecule has 118 valence electrons. The van der Waals surface area contributed by atoms with Crippen LogP contribution in [0.25, 0.3) is 0 Å². The van der Waals surface area contributed by atoms with Gasteiger partial charge in [-0.2, -0.15) is 10.4 Å². The van der Waals surface area contributed by atoms with Gasteiger partial charge in [0.25, 0.3) is 5.95 Å². The molecule has 0 unspecified atom stereocenters. The molecule has 2 aromatic rings. The van der Waals surface area contributed by atoms with Gasteiger partial charge in [0.15, 0.2) is 11.5 Å². The molecule has 2 rings (SSSR count). The highest BCUT2D eigenvalue weighted by Gasteiger charge is 2.26. The van der Waals surface area contributed by atoms with Crippen LogP contribution < -0.4 is 11.3 Å². The topological polar surface area (TPSA) is 131 Å². The lowest BCUT2D eigenvalue weighted by atomic mass is 9.95. The molecule has 0 spiro atoms. The molecule has 0 amide bonds. The largest absolute Gasteiger partial charge is 0.464 e. The van der Waals surface area contributed by atoms with E-state index < -0.39 is 11.9 Å². The summed E-state index contributed by atoms with van der Waals surface area (Å²) in [5.41, 5.74) is 3.04. The van der Waals surface area contributed by atoms with Crippen LogP contribution >= 0.6 is 0 Å². The van der Waals surface area contributed by atoms with Crippen molar-refractivity contribution in [2.75, 3.05) is 18.4 Å². The molecule has 9 heteroatoms. The number of nitrogens with two attached hydrogens (primary N) is 1. The number of aryl methyl sites for hydroxylation is 1. The lowest BCUT2D eigenvalue weighted by Crippen LogP contribution is -2.25. The van der Waals surface area contributed by atoms with Crippen molar-refractivity contribution in [3.63, 3.8) is 0 Å². The zero-order valence-electron chi connectivity index (χ0n) is 12.6. The average Bonchev–Trinajstić information content (AvgIpc) is 2.90. The Bertz CT molecular complexity index is 761. The Morgan fingerprint density at radius 1 is 1.43 bits per heavy atom. The third-order valence-electron chi connectivity index (χ3n) is 3.07. The maximum Gasteiger partial charge on any atom is 0.355 e. The van der Waals surface area contributed by atoms with Crippen LogP contribution in [-0.4, -0.2) is 33.7 Å². The Kier molecular flexibility index (Phi) is 4.89. The predicted molar refractivity (Wildman–Crippen MR) is 82.8 cm³/mol. The molecule has 1 aromatic carbocycles. The molecule has 0 fully saturated rings. The summed E-state index contributed by atoms with van der Waals surface area (Å²) >= 11 is 0. The maximum absolute atomic E-state index is 12.0. The highest BCUT2D eigenvalue weighted by molar-refractivity contribution is 6.39. The number of hydrogen-bond donors (Lipinski definition) is 2. The van der Waals surface area contributed by atoms with Crippen LogP contribution in [0.1, 0.15) is 17.3 Å². The molecule has 0 radical (unpaired) electrons. The summed E-state index contributed by atoms with van der Waals surface area (Å²) in [4.78, 5) is 12.0. The first kappa shape index (κ1) is 16.0. The van der Waals surface area contributed by atoms with E-state index in [9.17, 15) is 10.1 Å². The minimum absolute atomic E-state index is 0.109. The Hall–Kier alpha value is -3.41. The number of esters is 1. The monoisotopic (exact) mass is 313 g/mol. The minimum Gasteiger partial charge on any atom is -0.464 e. The third kappa shape index (κ3) is 3.44. The van der Waals surface area contributed by atoms with Gasteiger partial charge in [0, 0.05) is 0 Å². The zero-order chi connectivity index (χ0) is 16.8. The number of aromatic nitrogens is 3. The van der Waals surface area contributed by atoms with Crippen LogP contribution in [0.5, 0.6) is 0 Å². The molecule has 0 saturated heterocycles. The predicted octanol–water partition coefficient (Wildman–Crippen LogP) is 0.549. The Labute approximate surface area is 132 Å². The van der Waals surface area contributed by atoms with Crippen LogP contribution in [0.2, 0.25) is 0 Å².